The zero-order valence-electron chi connectivity index (χ0n) is 16.8. The van der Waals surface area contributed by atoms with Gasteiger partial charge in [-0.2, -0.15) is 0 Å². The topological polar surface area (TPSA) is 87.1 Å². The Bertz CT molecular complexity index is 1250. The van der Waals surface area contributed by atoms with E-state index in [0.717, 1.165) is 23.1 Å². The summed E-state index contributed by atoms with van der Waals surface area (Å²) >= 11 is 0. The number of phenols is 1. The van der Waals surface area contributed by atoms with Crippen LogP contribution in [0.1, 0.15) is 17.2 Å². The Morgan fingerprint density at radius 1 is 1.00 bits per heavy atom. The number of aromatic hydroxyl groups is 1. The molecule has 0 saturated carbocycles. The molecule has 1 saturated heterocycles. The second-order valence-corrected chi connectivity index (χ2v) is 7.09. The van der Waals surface area contributed by atoms with E-state index in [4.69, 9.17) is 4.74 Å². The maximum Gasteiger partial charge on any atom is 0.300 e. The molecule has 1 fully saturated rings. The highest BCUT2D eigenvalue weighted by molar-refractivity contribution is 6.51. The molecule has 2 N–H and O–H groups in total. The number of hydrogen-bond acceptors (Lipinski definition) is 5. The molecule has 1 aliphatic heterocycles. The number of methoxy groups -OCH3 is 1. The number of carbonyl (C=O) groups excluding carboxylic acids is 2. The average molecular weight is 437 g/mol. The molecule has 1 unspecified atom stereocenters. The second kappa shape index (κ2) is 8.14. The van der Waals surface area contributed by atoms with E-state index in [-0.39, 0.29) is 22.4 Å². The highest BCUT2D eigenvalue weighted by Crippen LogP contribution is 2.43. The number of rotatable bonds is 4. The van der Waals surface area contributed by atoms with Crippen LogP contribution in [-0.2, 0) is 9.59 Å². The van der Waals surface area contributed by atoms with Crippen molar-refractivity contribution in [2.75, 3.05) is 12.0 Å². The SMILES string of the molecule is COc1ccc(/C(O)=C2\C(=O)C(=O)N(c3cc(F)ccc3F)C2c2cccc(O)c2)cc1. The number of anilines is 1. The van der Waals surface area contributed by atoms with Crippen LogP contribution in [0.2, 0.25) is 0 Å². The van der Waals surface area contributed by atoms with Crippen molar-refractivity contribution in [3.8, 4) is 11.5 Å². The predicted octanol–water partition coefficient (Wildman–Crippen LogP) is 4.31. The summed E-state index contributed by atoms with van der Waals surface area (Å²) in [6.45, 7) is 0. The molecule has 1 aliphatic rings. The first kappa shape index (κ1) is 21.0. The van der Waals surface area contributed by atoms with E-state index in [1.54, 1.807) is 12.1 Å². The Hall–Kier alpha value is -4.20. The average Bonchev–Trinajstić information content (AvgIpc) is 3.05. The van der Waals surface area contributed by atoms with Gasteiger partial charge in [0.05, 0.1) is 24.4 Å². The molecule has 4 rings (SSSR count). The van der Waals surface area contributed by atoms with Gasteiger partial charge in [-0.1, -0.05) is 12.1 Å². The van der Waals surface area contributed by atoms with Crippen LogP contribution in [0.5, 0.6) is 11.5 Å². The van der Waals surface area contributed by atoms with Crippen LogP contribution in [0.15, 0.2) is 72.3 Å². The predicted molar refractivity (Wildman–Crippen MR) is 112 cm³/mol. The van der Waals surface area contributed by atoms with Crippen molar-refractivity contribution in [2.45, 2.75) is 6.04 Å². The molecule has 3 aromatic rings. The lowest BCUT2D eigenvalue weighted by Gasteiger charge is -2.26. The fraction of sp³-hybridized carbons (Fsp3) is 0.0833. The van der Waals surface area contributed by atoms with Crippen LogP contribution in [-0.4, -0.2) is 29.0 Å². The number of ketones is 1. The van der Waals surface area contributed by atoms with Gasteiger partial charge in [0.25, 0.3) is 11.7 Å². The van der Waals surface area contributed by atoms with Gasteiger partial charge >= 0.3 is 0 Å². The molecule has 162 valence electrons. The number of Topliss-reactive ketones (excluding diaryl/α,β-unsaturated/α-hetero) is 1. The molecule has 0 bridgehead atoms. The molecule has 1 heterocycles. The Balaban J connectivity index is 1.96. The maximum absolute atomic E-state index is 14.6. The number of nitrogens with zero attached hydrogens (tertiary/aromatic N) is 1. The minimum absolute atomic E-state index is 0.169. The lowest BCUT2D eigenvalue weighted by atomic mass is 9.95. The summed E-state index contributed by atoms with van der Waals surface area (Å²) in [7, 11) is 1.47. The molecule has 6 nitrogen and oxygen atoms in total. The quantitative estimate of drug-likeness (QED) is 0.361. The lowest BCUT2D eigenvalue weighted by Crippen LogP contribution is -2.30. The van der Waals surface area contributed by atoms with Gasteiger partial charge < -0.3 is 14.9 Å². The molecule has 3 aromatic carbocycles. The van der Waals surface area contributed by atoms with E-state index in [9.17, 15) is 28.6 Å². The van der Waals surface area contributed by atoms with Crippen molar-refractivity contribution in [2.24, 2.45) is 0 Å². The first-order valence-corrected chi connectivity index (χ1v) is 9.51. The van der Waals surface area contributed by atoms with Gasteiger partial charge in [0.15, 0.2) is 0 Å². The number of benzene rings is 3. The lowest BCUT2D eigenvalue weighted by molar-refractivity contribution is -0.132. The summed E-state index contributed by atoms with van der Waals surface area (Å²) < 4.78 is 33.6. The number of carbonyl (C=O) groups is 2. The number of aliphatic hydroxyl groups excluding tert-OH is 1. The minimum atomic E-state index is -1.31. The summed E-state index contributed by atoms with van der Waals surface area (Å²) in [5, 5.41) is 20.9. The highest BCUT2D eigenvalue weighted by Gasteiger charge is 2.48. The van der Waals surface area contributed by atoms with Gasteiger partial charge in [0.1, 0.15) is 28.9 Å². The van der Waals surface area contributed by atoms with E-state index >= 15 is 0 Å². The number of halogens is 2. The van der Waals surface area contributed by atoms with Gasteiger partial charge in [-0.3, -0.25) is 14.5 Å². The first-order chi connectivity index (χ1) is 15.3. The molecule has 1 atom stereocenters. The van der Waals surface area contributed by atoms with Crippen molar-refractivity contribution >= 4 is 23.1 Å². The standard InChI is InChI=1S/C24H17F2NO5/c1-32-17-8-5-13(6-9-17)22(29)20-21(14-3-2-4-16(28)11-14)27(24(31)23(20)30)19-12-15(25)7-10-18(19)26/h2-12,21,28-29H,1H3/b22-20+. The molecule has 0 radical (unpaired) electrons. The monoisotopic (exact) mass is 437 g/mol. The Morgan fingerprint density at radius 2 is 1.72 bits per heavy atom. The van der Waals surface area contributed by atoms with Crippen molar-refractivity contribution in [1.29, 1.82) is 0 Å². The third-order valence-corrected chi connectivity index (χ3v) is 5.16. The van der Waals surface area contributed by atoms with Crippen molar-refractivity contribution in [3.05, 3.63) is 95.1 Å². The molecule has 0 aliphatic carbocycles. The number of ether oxygens (including phenoxy) is 1. The maximum atomic E-state index is 14.6. The fourth-order valence-electron chi connectivity index (χ4n) is 3.67. The molecule has 8 heteroatoms. The van der Waals surface area contributed by atoms with Crippen molar-refractivity contribution < 1.29 is 33.3 Å². The number of aliphatic hydroxyl groups is 1. The minimum Gasteiger partial charge on any atom is -0.508 e. The van der Waals surface area contributed by atoms with E-state index in [0.29, 0.717) is 5.75 Å². The first-order valence-electron chi connectivity index (χ1n) is 9.51. The summed E-state index contributed by atoms with van der Waals surface area (Å²) in [6.07, 6.45) is 0. The summed E-state index contributed by atoms with van der Waals surface area (Å²) in [5.74, 6) is -4.12. The Labute approximate surface area is 181 Å². The zero-order valence-corrected chi connectivity index (χ0v) is 16.8. The number of phenolic OH excluding ortho intramolecular Hbond substituents is 1. The third-order valence-electron chi connectivity index (χ3n) is 5.16. The molecular weight excluding hydrogens is 420 g/mol. The summed E-state index contributed by atoms with van der Waals surface area (Å²) in [6, 6.07) is 12.9. The fourth-order valence-corrected chi connectivity index (χ4v) is 3.67. The van der Waals surface area contributed by atoms with Crippen LogP contribution < -0.4 is 9.64 Å². The van der Waals surface area contributed by atoms with Crippen molar-refractivity contribution in [1.82, 2.24) is 0 Å². The summed E-state index contributed by atoms with van der Waals surface area (Å²) in [5.41, 5.74) is -0.347. The number of amides is 1. The van der Waals surface area contributed by atoms with Gasteiger partial charge in [-0.15, -0.1) is 0 Å². The molecule has 0 aromatic heterocycles. The van der Waals surface area contributed by atoms with Crippen LogP contribution >= 0.6 is 0 Å². The molecular formula is C24H17F2NO5. The van der Waals surface area contributed by atoms with Crippen LogP contribution in [0.4, 0.5) is 14.5 Å². The van der Waals surface area contributed by atoms with E-state index in [1.165, 1.54) is 43.5 Å². The number of hydrogen-bond donors (Lipinski definition) is 2. The zero-order chi connectivity index (χ0) is 23.0. The van der Waals surface area contributed by atoms with Gasteiger partial charge in [0.2, 0.25) is 0 Å². The smallest absolute Gasteiger partial charge is 0.300 e. The second-order valence-electron chi connectivity index (χ2n) is 7.09. The third kappa shape index (κ3) is 3.56. The van der Waals surface area contributed by atoms with Gasteiger partial charge in [-0.25, -0.2) is 8.78 Å². The van der Waals surface area contributed by atoms with Crippen LogP contribution in [0, 0.1) is 11.6 Å². The van der Waals surface area contributed by atoms with Gasteiger partial charge in [-0.05, 0) is 54.1 Å². The van der Waals surface area contributed by atoms with E-state index in [2.05, 4.69) is 0 Å². The molecule has 1 amide bonds. The van der Waals surface area contributed by atoms with E-state index in [1.807, 2.05) is 0 Å². The van der Waals surface area contributed by atoms with E-state index < -0.39 is 40.8 Å². The van der Waals surface area contributed by atoms with Gasteiger partial charge in [0, 0.05) is 11.6 Å². The molecule has 32 heavy (non-hydrogen) atoms. The Kier molecular flexibility index (Phi) is 5.36. The summed E-state index contributed by atoms with van der Waals surface area (Å²) in [4.78, 5) is 26.7. The van der Waals surface area contributed by atoms with Crippen LogP contribution in [0.25, 0.3) is 5.76 Å². The van der Waals surface area contributed by atoms with Crippen molar-refractivity contribution in [3.63, 3.8) is 0 Å². The van der Waals surface area contributed by atoms with Crippen LogP contribution in [0.3, 0.4) is 0 Å². The normalized spacial score (nSPS) is 17.6. The largest absolute Gasteiger partial charge is 0.508 e. The molecule has 0 spiro atoms. The highest BCUT2D eigenvalue weighted by atomic mass is 19.1. The Morgan fingerprint density at radius 3 is 2.38 bits per heavy atom.